The summed E-state index contributed by atoms with van der Waals surface area (Å²) < 4.78 is 55.8. The van der Waals surface area contributed by atoms with E-state index >= 15 is 0 Å². The van der Waals surface area contributed by atoms with Crippen LogP contribution in [0.4, 0.5) is 0 Å². The quantitative estimate of drug-likeness (QED) is 0.0916. The lowest BCUT2D eigenvalue weighted by Gasteiger charge is -2.60. The SMILES string of the molecule is CC(CCC1(C)OC2CC3C4CC=C5CC(O)CC(OC6OCC(O)C(OC7OCC(O)C(O)C7O)C6OC6OC(C)C(O)C(O)C6O)C5(C)C4CCC3(C)C2C1C)COC1OC(CO)C(O)C(O)C1O. The molecule has 0 aromatic heterocycles. The van der Waals surface area contributed by atoms with Gasteiger partial charge in [0.05, 0.1) is 56.4 Å². The number of rotatable bonds is 13. The van der Waals surface area contributed by atoms with Crippen molar-refractivity contribution >= 4 is 0 Å². The Morgan fingerprint density at radius 1 is 0.704 bits per heavy atom. The fraction of sp³-hybridized carbons (Fsp3) is 0.960. The summed E-state index contributed by atoms with van der Waals surface area (Å²) in [5.41, 5.74) is 0.0850. The van der Waals surface area contributed by atoms with Crippen molar-refractivity contribution in [2.75, 3.05) is 26.4 Å². The molecule has 0 radical (unpaired) electrons. The molecule has 4 aliphatic carbocycles. The van der Waals surface area contributed by atoms with E-state index in [0.717, 1.165) is 44.1 Å². The summed E-state index contributed by atoms with van der Waals surface area (Å²) in [6, 6.07) is 0. The van der Waals surface area contributed by atoms with Crippen LogP contribution >= 0.6 is 0 Å². The summed E-state index contributed by atoms with van der Waals surface area (Å²) in [6.07, 6.45) is -19.1. The van der Waals surface area contributed by atoms with Crippen LogP contribution in [0.15, 0.2) is 11.6 Å². The highest BCUT2D eigenvalue weighted by molar-refractivity contribution is 5.29. The van der Waals surface area contributed by atoms with E-state index in [9.17, 15) is 61.3 Å². The first-order chi connectivity index (χ1) is 33.5. The highest BCUT2D eigenvalue weighted by Gasteiger charge is 2.68. The highest BCUT2D eigenvalue weighted by Crippen LogP contribution is 2.70. The van der Waals surface area contributed by atoms with Crippen LogP contribution < -0.4 is 0 Å². The minimum absolute atomic E-state index is 0.0231. The van der Waals surface area contributed by atoms with Gasteiger partial charge in [0.15, 0.2) is 25.2 Å². The molecule has 3 saturated carbocycles. The Morgan fingerprint density at radius 2 is 1.37 bits per heavy atom. The van der Waals surface area contributed by atoms with E-state index in [1.165, 1.54) is 6.92 Å². The predicted octanol–water partition coefficient (Wildman–Crippen LogP) is -1.69. The second-order valence-electron chi connectivity index (χ2n) is 23.5. The Labute approximate surface area is 414 Å². The van der Waals surface area contributed by atoms with Crippen LogP contribution in [-0.4, -0.2) is 222 Å². The van der Waals surface area contributed by atoms with E-state index in [-0.39, 0.29) is 61.4 Å². The largest absolute Gasteiger partial charge is 0.394 e. The maximum absolute atomic E-state index is 11.5. The van der Waals surface area contributed by atoms with Crippen molar-refractivity contribution in [2.24, 2.45) is 46.3 Å². The molecule has 5 heterocycles. The molecule has 9 rings (SSSR count). The molecule has 0 amide bonds. The summed E-state index contributed by atoms with van der Waals surface area (Å²) in [4.78, 5) is 0. The second kappa shape index (κ2) is 21.0. The zero-order valence-corrected chi connectivity index (χ0v) is 41.7. The monoisotopic (exact) mass is 1020 g/mol. The van der Waals surface area contributed by atoms with Gasteiger partial charge in [-0.15, -0.1) is 0 Å². The smallest absolute Gasteiger partial charge is 0.187 e. The summed E-state index contributed by atoms with van der Waals surface area (Å²) in [6.45, 7) is 11.7. The molecule has 30 unspecified atom stereocenters. The van der Waals surface area contributed by atoms with Crippen LogP contribution in [0.25, 0.3) is 0 Å². The molecule has 30 atom stereocenters. The Kier molecular flexibility index (Phi) is 16.2. The van der Waals surface area contributed by atoms with Gasteiger partial charge in [0.2, 0.25) is 0 Å². The van der Waals surface area contributed by atoms with Gasteiger partial charge in [0, 0.05) is 11.8 Å². The van der Waals surface area contributed by atoms with Gasteiger partial charge in [-0.05, 0) is 99.7 Å². The van der Waals surface area contributed by atoms with E-state index < -0.39 is 140 Å². The van der Waals surface area contributed by atoms with Gasteiger partial charge in [-0.3, -0.25) is 0 Å². The summed E-state index contributed by atoms with van der Waals surface area (Å²) in [7, 11) is 0. The van der Waals surface area contributed by atoms with E-state index in [0.29, 0.717) is 18.3 Å². The average Bonchev–Trinajstić information content (AvgIpc) is 3.77. The van der Waals surface area contributed by atoms with Crippen molar-refractivity contribution in [3.05, 3.63) is 11.6 Å². The van der Waals surface area contributed by atoms with Crippen molar-refractivity contribution < 1.29 is 104 Å². The third kappa shape index (κ3) is 9.74. The Morgan fingerprint density at radius 3 is 2.10 bits per heavy atom. The molecular weight excluding hydrogens is 937 g/mol. The lowest BCUT2D eigenvalue weighted by Crippen LogP contribution is -2.65. The van der Waals surface area contributed by atoms with Gasteiger partial charge in [0.1, 0.15) is 79.4 Å². The van der Waals surface area contributed by atoms with Crippen LogP contribution in [-0.2, 0) is 42.6 Å². The number of hydrogen-bond acceptors (Lipinski definition) is 21. The second-order valence-corrected chi connectivity index (χ2v) is 23.5. The molecule has 408 valence electrons. The number of fused-ring (bicyclic) bond motifs is 7. The molecule has 8 fully saturated rings. The lowest BCUT2D eigenvalue weighted by atomic mass is 9.46. The van der Waals surface area contributed by atoms with E-state index in [1.807, 2.05) is 6.92 Å². The van der Waals surface area contributed by atoms with Crippen molar-refractivity contribution in [1.29, 1.82) is 0 Å². The maximum Gasteiger partial charge on any atom is 0.187 e. The lowest BCUT2D eigenvalue weighted by molar-refractivity contribution is -0.382. The first-order valence-electron chi connectivity index (χ1n) is 26.1. The summed E-state index contributed by atoms with van der Waals surface area (Å²) in [5.74, 6) is 1.33. The van der Waals surface area contributed by atoms with Gasteiger partial charge < -0.3 is 104 Å². The topological polar surface area (TPSA) is 326 Å². The normalized spacial score (nSPS) is 55.7. The van der Waals surface area contributed by atoms with Gasteiger partial charge in [-0.25, -0.2) is 0 Å². The first kappa shape index (κ1) is 54.7. The molecule has 21 heteroatoms. The molecule has 5 saturated heterocycles. The van der Waals surface area contributed by atoms with Crippen molar-refractivity contribution in [2.45, 2.75) is 227 Å². The first-order valence-corrected chi connectivity index (χ1v) is 26.1. The minimum Gasteiger partial charge on any atom is -0.394 e. The Balaban J connectivity index is 0.902. The van der Waals surface area contributed by atoms with Gasteiger partial charge in [-0.1, -0.05) is 39.3 Å². The minimum atomic E-state index is -1.75. The van der Waals surface area contributed by atoms with Gasteiger partial charge in [-0.2, -0.15) is 0 Å². The highest BCUT2D eigenvalue weighted by atomic mass is 16.8. The fourth-order valence-corrected chi connectivity index (χ4v) is 14.8. The Hall–Kier alpha value is -1.10. The van der Waals surface area contributed by atoms with E-state index in [2.05, 4.69) is 33.8 Å². The standard InChI is InChI=1S/C50H82O21/c1-20(17-63-44-40(61)38(59)36(57)31(16-51)67-44)9-12-49(5)21(2)33-30(71-49)15-27-25-8-7-23-13-24(52)14-32(50(23,6)26(25)10-11-48(27,33)4)68-47-43(70-46-41(62)37(58)34(55)22(3)66-46)42(29(54)19-65-47)69-45-39(60)35(56)28(53)18-64-45/h7,20-22,24-47,51-62H,8-19H2,1-6H3. The van der Waals surface area contributed by atoms with Crippen LogP contribution in [0.2, 0.25) is 0 Å². The van der Waals surface area contributed by atoms with Crippen LogP contribution in [0.5, 0.6) is 0 Å². The van der Waals surface area contributed by atoms with Crippen LogP contribution in [0.3, 0.4) is 0 Å². The zero-order valence-electron chi connectivity index (χ0n) is 41.7. The third-order valence-corrected chi connectivity index (χ3v) is 19.2. The molecular formula is C50H82O21. The number of ether oxygens (including phenoxy) is 9. The summed E-state index contributed by atoms with van der Waals surface area (Å²) in [5, 5.41) is 127. The molecule has 0 spiro atoms. The Bertz CT molecular complexity index is 1850. The average molecular weight is 1020 g/mol. The van der Waals surface area contributed by atoms with Crippen molar-refractivity contribution in [3.8, 4) is 0 Å². The number of hydrogen-bond donors (Lipinski definition) is 12. The molecule has 0 bridgehead atoms. The fourth-order valence-electron chi connectivity index (χ4n) is 14.8. The molecule has 71 heavy (non-hydrogen) atoms. The predicted molar refractivity (Wildman–Crippen MR) is 243 cm³/mol. The molecule has 12 N–H and O–H groups in total. The van der Waals surface area contributed by atoms with Crippen LogP contribution in [0.1, 0.15) is 92.9 Å². The summed E-state index contributed by atoms with van der Waals surface area (Å²) >= 11 is 0. The molecule has 0 aromatic rings. The molecule has 9 aliphatic rings. The van der Waals surface area contributed by atoms with Gasteiger partial charge in [0.25, 0.3) is 0 Å². The molecule has 21 nitrogen and oxygen atoms in total. The van der Waals surface area contributed by atoms with Gasteiger partial charge >= 0.3 is 0 Å². The van der Waals surface area contributed by atoms with Crippen LogP contribution in [0, 0.1) is 46.3 Å². The van der Waals surface area contributed by atoms with Crippen molar-refractivity contribution in [3.63, 3.8) is 0 Å². The van der Waals surface area contributed by atoms with E-state index in [1.54, 1.807) is 0 Å². The number of allylic oxidation sites excluding steroid dienone is 1. The zero-order chi connectivity index (χ0) is 51.2. The molecule has 5 aliphatic heterocycles. The number of aliphatic hydroxyl groups is 12. The van der Waals surface area contributed by atoms with E-state index in [4.69, 9.17) is 42.6 Å². The van der Waals surface area contributed by atoms with Crippen molar-refractivity contribution in [1.82, 2.24) is 0 Å². The number of aliphatic hydroxyl groups excluding tert-OH is 12. The maximum atomic E-state index is 11.5. The molecule has 0 aromatic carbocycles. The third-order valence-electron chi connectivity index (χ3n) is 19.2.